The highest BCUT2D eigenvalue weighted by molar-refractivity contribution is 6.30. The quantitative estimate of drug-likeness (QED) is 0.302. The fourth-order valence-corrected chi connectivity index (χ4v) is 3.83. The first-order chi connectivity index (χ1) is 19.0. The molecule has 2 atom stereocenters. The van der Waals surface area contributed by atoms with Crippen molar-refractivity contribution in [3.63, 3.8) is 0 Å². The molecule has 0 aliphatic heterocycles. The van der Waals surface area contributed by atoms with Crippen LogP contribution in [-0.4, -0.2) is 56.4 Å². The number of aliphatic hydroxyl groups is 1. The zero-order valence-corrected chi connectivity index (χ0v) is 21.5. The Kier molecular flexibility index (Phi) is 9.70. The van der Waals surface area contributed by atoms with Gasteiger partial charge in [-0.15, -0.1) is 5.10 Å². The largest absolute Gasteiger partial charge is 0.448 e. The van der Waals surface area contributed by atoms with Crippen molar-refractivity contribution in [2.45, 2.75) is 44.0 Å². The van der Waals surface area contributed by atoms with Crippen LogP contribution in [0.1, 0.15) is 11.1 Å². The van der Waals surface area contributed by atoms with E-state index >= 15 is 0 Å². The van der Waals surface area contributed by atoms with Gasteiger partial charge in [0.25, 0.3) is 0 Å². The van der Waals surface area contributed by atoms with E-state index in [1.807, 2.05) is 0 Å². The number of amides is 2. The number of hydrogen-bond acceptors (Lipinski definition) is 6. The van der Waals surface area contributed by atoms with Crippen molar-refractivity contribution < 1.29 is 45.8 Å². The summed E-state index contributed by atoms with van der Waals surface area (Å²) in [6, 6.07) is 8.53. The van der Waals surface area contributed by atoms with Crippen LogP contribution in [0.2, 0.25) is 5.02 Å². The second-order valence-corrected chi connectivity index (χ2v) is 9.17. The van der Waals surface area contributed by atoms with Crippen molar-refractivity contribution in [3.05, 3.63) is 75.2 Å². The molecule has 0 bridgehead atoms. The van der Waals surface area contributed by atoms with Crippen LogP contribution in [0.25, 0.3) is 11.4 Å². The number of nitrogens with zero attached hydrogens (tertiary/aromatic N) is 3. The topological polar surface area (TPSA) is 141 Å². The summed E-state index contributed by atoms with van der Waals surface area (Å²) in [4.78, 5) is 36.8. The minimum atomic E-state index is -5.06. The minimum absolute atomic E-state index is 0.116. The first-order valence-electron chi connectivity index (χ1n) is 11.6. The summed E-state index contributed by atoms with van der Waals surface area (Å²) in [7, 11) is 0. The van der Waals surface area contributed by atoms with Crippen LogP contribution in [0.5, 0.6) is 0 Å². The van der Waals surface area contributed by atoms with Crippen molar-refractivity contribution in [1.82, 2.24) is 19.7 Å². The van der Waals surface area contributed by atoms with Gasteiger partial charge in [-0.25, -0.2) is 14.3 Å². The number of primary amides is 1. The Morgan fingerprint density at radius 3 is 2.34 bits per heavy atom. The maximum absolute atomic E-state index is 13.1. The molecule has 0 spiro atoms. The molecule has 4 N–H and O–H groups in total. The average Bonchev–Trinajstić information content (AvgIpc) is 3.16. The summed E-state index contributed by atoms with van der Waals surface area (Å²) < 4.78 is 84.1. The molecule has 0 aliphatic carbocycles. The fourth-order valence-electron chi connectivity index (χ4n) is 3.70. The van der Waals surface area contributed by atoms with Crippen LogP contribution in [0.15, 0.2) is 53.3 Å². The molecule has 17 heteroatoms. The first kappa shape index (κ1) is 31.5. The molecule has 0 saturated heterocycles. The van der Waals surface area contributed by atoms with E-state index in [4.69, 9.17) is 17.3 Å². The van der Waals surface area contributed by atoms with E-state index in [2.05, 4.69) is 15.2 Å². The van der Waals surface area contributed by atoms with Gasteiger partial charge in [-0.1, -0.05) is 29.8 Å². The second kappa shape index (κ2) is 12.6. The van der Waals surface area contributed by atoms with Crippen LogP contribution in [0, 0.1) is 0 Å². The summed E-state index contributed by atoms with van der Waals surface area (Å²) in [5, 5.41) is 16.2. The number of nitrogens with one attached hydrogen (secondary N) is 1. The molecule has 0 saturated carbocycles. The smallest absolute Gasteiger partial charge is 0.416 e. The molecule has 3 rings (SSSR count). The molecule has 0 aliphatic rings. The third-order valence-corrected chi connectivity index (χ3v) is 5.83. The highest BCUT2D eigenvalue weighted by Gasteiger charge is 2.39. The van der Waals surface area contributed by atoms with Crippen molar-refractivity contribution in [3.8, 4) is 11.4 Å². The predicted molar refractivity (Wildman–Crippen MR) is 132 cm³/mol. The number of ether oxygens (including phenoxy) is 1. The molecule has 3 aromatic rings. The van der Waals surface area contributed by atoms with E-state index in [-0.39, 0.29) is 28.4 Å². The number of benzene rings is 2. The normalized spacial score (nSPS) is 13.5. The van der Waals surface area contributed by atoms with Crippen LogP contribution >= 0.6 is 11.6 Å². The summed E-state index contributed by atoms with van der Waals surface area (Å²) in [6.45, 7) is -2.62. The van der Waals surface area contributed by atoms with Gasteiger partial charge in [0.2, 0.25) is 5.91 Å². The van der Waals surface area contributed by atoms with Gasteiger partial charge in [-0.05, 0) is 42.3 Å². The lowest BCUT2D eigenvalue weighted by Gasteiger charge is -2.19. The minimum Gasteiger partial charge on any atom is -0.448 e. The Bertz CT molecular complexity index is 1440. The van der Waals surface area contributed by atoms with Gasteiger partial charge in [0, 0.05) is 10.6 Å². The number of nitrogens with two attached hydrogens (primary N) is 1. The summed E-state index contributed by atoms with van der Waals surface area (Å²) in [5.74, 6) is -1.25. The summed E-state index contributed by atoms with van der Waals surface area (Å²) in [5.41, 5.74) is 3.10. The van der Waals surface area contributed by atoms with E-state index in [1.165, 1.54) is 30.3 Å². The van der Waals surface area contributed by atoms with Crippen LogP contribution in [-0.2, 0) is 35.2 Å². The highest BCUT2D eigenvalue weighted by atomic mass is 35.5. The molecule has 222 valence electrons. The standard InChI is InChI=1S/C24H22ClF6N5O5/c25-16-6-4-14(5-7-16)20-34-36(22(40)35(20)10-18(37)24(29,30)31)11-19(38)33-17(12-41-21(32)39)9-13-2-1-3-15(8-13)23(26,27)28/h1-8,17-18,37H,9-12H2,(H2,32,39)(H,33,38)/t17?,18-/m0/s1. The number of halogens is 7. The van der Waals surface area contributed by atoms with Crippen LogP contribution in [0.3, 0.4) is 0 Å². The molecule has 2 aromatic carbocycles. The summed E-state index contributed by atoms with van der Waals surface area (Å²) >= 11 is 5.84. The first-order valence-corrected chi connectivity index (χ1v) is 12.0. The molecule has 0 fully saturated rings. The second-order valence-electron chi connectivity index (χ2n) is 8.74. The van der Waals surface area contributed by atoms with E-state index in [0.717, 1.165) is 18.2 Å². The number of aromatic nitrogens is 3. The van der Waals surface area contributed by atoms with Crippen molar-refractivity contribution in [2.75, 3.05) is 6.61 Å². The summed E-state index contributed by atoms with van der Waals surface area (Å²) in [6.07, 6.45) is -14.1. The Labute approximate surface area is 232 Å². The third-order valence-electron chi connectivity index (χ3n) is 5.58. The monoisotopic (exact) mass is 609 g/mol. The van der Waals surface area contributed by atoms with E-state index < -0.39 is 67.4 Å². The average molecular weight is 610 g/mol. The van der Waals surface area contributed by atoms with Gasteiger partial charge < -0.3 is 20.9 Å². The number of aliphatic hydroxyl groups excluding tert-OH is 1. The number of rotatable bonds is 10. The molecule has 1 unspecified atom stereocenters. The van der Waals surface area contributed by atoms with Gasteiger partial charge in [0.05, 0.1) is 18.2 Å². The third kappa shape index (κ3) is 8.72. The molecule has 1 heterocycles. The fraction of sp³-hybridized carbons (Fsp3) is 0.333. The van der Waals surface area contributed by atoms with Crippen LogP contribution < -0.4 is 16.7 Å². The number of hydrogen-bond donors (Lipinski definition) is 3. The Balaban J connectivity index is 1.87. The van der Waals surface area contributed by atoms with Crippen molar-refractivity contribution in [1.29, 1.82) is 0 Å². The molecule has 0 radical (unpaired) electrons. The lowest BCUT2D eigenvalue weighted by molar-refractivity contribution is -0.207. The maximum atomic E-state index is 13.1. The molecule has 41 heavy (non-hydrogen) atoms. The number of carbonyl (C=O) groups is 2. The Morgan fingerprint density at radius 1 is 1.10 bits per heavy atom. The van der Waals surface area contributed by atoms with Crippen molar-refractivity contribution in [2.24, 2.45) is 5.73 Å². The van der Waals surface area contributed by atoms with E-state index in [0.29, 0.717) is 9.25 Å². The zero-order chi connectivity index (χ0) is 30.5. The highest BCUT2D eigenvalue weighted by Crippen LogP contribution is 2.30. The molecule has 10 nitrogen and oxygen atoms in total. The van der Waals surface area contributed by atoms with Crippen LogP contribution in [0.4, 0.5) is 31.1 Å². The molecular weight excluding hydrogens is 588 g/mol. The van der Waals surface area contributed by atoms with Gasteiger partial charge in [-0.2, -0.15) is 26.3 Å². The SMILES string of the molecule is NC(=O)OCC(Cc1cccc(C(F)(F)F)c1)NC(=O)Cn1nc(-c2ccc(Cl)cc2)n(C[C@H](O)C(F)(F)F)c1=O. The molecular formula is C24H22ClF6N5O5. The Hall–Kier alpha value is -4.05. The lowest BCUT2D eigenvalue weighted by atomic mass is 10.0. The Morgan fingerprint density at radius 2 is 1.76 bits per heavy atom. The maximum Gasteiger partial charge on any atom is 0.416 e. The van der Waals surface area contributed by atoms with E-state index in [1.54, 1.807) is 0 Å². The number of alkyl halides is 6. The van der Waals surface area contributed by atoms with Gasteiger partial charge in [0.15, 0.2) is 11.9 Å². The molecule has 2 amide bonds. The number of carbonyl (C=O) groups excluding carboxylic acids is 2. The van der Waals surface area contributed by atoms with Gasteiger partial charge in [-0.3, -0.25) is 9.36 Å². The zero-order valence-electron chi connectivity index (χ0n) is 20.7. The predicted octanol–water partition coefficient (Wildman–Crippen LogP) is 3.13. The van der Waals surface area contributed by atoms with Gasteiger partial charge >= 0.3 is 24.1 Å². The molecule has 1 aromatic heterocycles. The lowest BCUT2D eigenvalue weighted by Crippen LogP contribution is -2.44. The van der Waals surface area contributed by atoms with Crippen molar-refractivity contribution >= 4 is 23.6 Å². The van der Waals surface area contributed by atoms with E-state index in [9.17, 15) is 45.8 Å². The van der Waals surface area contributed by atoms with Gasteiger partial charge in [0.1, 0.15) is 13.2 Å².